The van der Waals surface area contributed by atoms with Crippen molar-refractivity contribution in [1.82, 2.24) is 10.3 Å². The van der Waals surface area contributed by atoms with Gasteiger partial charge in [0.1, 0.15) is 5.76 Å². The molecule has 1 aromatic heterocycles. The molecule has 0 aliphatic carbocycles. The van der Waals surface area contributed by atoms with Crippen molar-refractivity contribution in [2.75, 3.05) is 6.54 Å². The summed E-state index contributed by atoms with van der Waals surface area (Å²) in [6.07, 6.45) is 3.90. The van der Waals surface area contributed by atoms with Gasteiger partial charge in [-0.1, -0.05) is 32.5 Å². The van der Waals surface area contributed by atoms with Gasteiger partial charge in [-0.2, -0.15) is 0 Å². The van der Waals surface area contributed by atoms with E-state index in [9.17, 15) is 0 Å². The molecule has 1 atom stereocenters. The Hall–Kier alpha value is -0.970. The lowest BCUT2D eigenvalue weighted by atomic mass is 10.1. The number of aliphatic imine (C=N–C) groups is 1. The normalized spacial score (nSPS) is 19.3. The Kier molecular flexibility index (Phi) is 4.69. The summed E-state index contributed by atoms with van der Waals surface area (Å²) in [6, 6.07) is 0. The molecule has 2 heterocycles. The Bertz CT molecular complexity index is 414. The minimum absolute atomic E-state index is 0.625. The Morgan fingerprint density at radius 1 is 1.56 bits per heavy atom. The molecule has 0 bridgehead atoms. The number of thioether (sulfide) groups is 1. The van der Waals surface area contributed by atoms with E-state index in [0.717, 1.165) is 35.7 Å². The topological polar surface area (TPSA) is 50.4 Å². The number of oxazole rings is 1. The second-order valence-electron chi connectivity index (χ2n) is 4.94. The van der Waals surface area contributed by atoms with E-state index in [1.807, 2.05) is 11.8 Å². The van der Waals surface area contributed by atoms with Crippen LogP contribution in [-0.4, -0.2) is 21.9 Å². The predicted octanol–water partition coefficient (Wildman–Crippen LogP) is 2.84. The number of rotatable bonds is 5. The van der Waals surface area contributed by atoms with Crippen LogP contribution in [0.25, 0.3) is 0 Å². The highest BCUT2D eigenvalue weighted by molar-refractivity contribution is 8.14. The van der Waals surface area contributed by atoms with E-state index in [0.29, 0.717) is 11.8 Å². The highest BCUT2D eigenvalue weighted by Gasteiger charge is 2.20. The molecule has 4 nitrogen and oxygen atoms in total. The minimum Gasteiger partial charge on any atom is -0.444 e. The van der Waals surface area contributed by atoms with Crippen molar-refractivity contribution >= 4 is 16.9 Å². The van der Waals surface area contributed by atoms with Gasteiger partial charge in [0.15, 0.2) is 5.17 Å². The largest absolute Gasteiger partial charge is 0.444 e. The molecule has 5 heteroatoms. The van der Waals surface area contributed by atoms with Gasteiger partial charge in [-0.3, -0.25) is 4.99 Å². The zero-order chi connectivity index (χ0) is 13.0. The highest BCUT2D eigenvalue weighted by Crippen LogP contribution is 2.25. The molecular formula is C13H21N3OS. The predicted molar refractivity (Wildman–Crippen MR) is 75.9 cm³/mol. The first-order chi connectivity index (χ1) is 8.67. The van der Waals surface area contributed by atoms with Gasteiger partial charge in [0.05, 0.1) is 19.3 Å². The van der Waals surface area contributed by atoms with E-state index < -0.39 is 0 Å². The fourth-order valence-electron chi connectivity index (χ4n) is 1.91. The van der Waals surface area contributed by atoms with Gasteiger partial charge in [-0.05, 0) is 12.3 Å². The Morgan fingerprint density at radius 3 is 3.06 bits per heavy atom. The molecule has 1 unspecified atom stereocenters. The van der Waals surface area contributed by atoms with Crippen LogP contribution >= 0.6 is 11.8 Å². The lowest BCUT2D eigenvalue weighted by Crippen LogP contribution is -2.19. The number of aromatic nitrogens is 1. The molecule has 0 saturated heterocycles. The summed E-state index contributed by atoms with van der Waals surface area (Å²) in [5, 5.41) is 4.95. The summed E-state index contributed by atoms with van der Waals surface area (Å²) in [4.78, 5) is 8.73. The third-order valence-electron chi connectivity index (χ3n) is 2.79. The maximum absolute atomic E-state index is 5.55. The van der Waals surface area contributed by atoms with Crippen LogP contribution in [0.1, 0.15) is 38.8 Å². The van der Waals surface area contributed by atoms with Gasteiger partial charge >= 0.3 is 0 Å². The van der Waals surface area contributed by atoms with E-state index >= 15 is 0 Å². The first-order valence-electron chi connectivity index (χ1n) is 6.56. The van der Waals surface area contributed by atoms with Gasteiger partial charge in [0, 0.05) is 11.7 Å². The molecule has 18 heavy (non-hydrogen) atoms. The number of aryl methyl sites for hydroxylation is 1. The lowest BCUT2D eigenvalue weighted by molar-refractivity contribution is 0.454. The molecule has 100 valence electrons. The van der Waals surface area contributed by atoms with Crippen molar-refractivity contribution in [3.05, 3.63) is 17.8 Å². The second-order valence-corrected chi connectivity index (χ2v) is 6.23. The fraction of sp³-hybridized carbons (Fsp3) is 0.692. The van der Waals surface area contributed by atoms with E-state index in [-0.39, 0.29) is 0 Å². The van der Waals surface area contributed by atoms with Crippen LogP contribution in [0.15, 0.2) is 15.6 Å². The third-order valence-corrected chi connectivity index (χ3v) is 3.96. The molecule has 1 N–H and O–H groups in total. The smallest absolute Gasteiger partial charge is 0.213 e. The SMILES string of the molecule is CCc1cnc(CNC2=NCC(CC(C)C)S2)o1. The van der Waals surface area contributed by atoms with Crippen molar-refractivity contribution in [3.8, 4) is 0 Å². The molecule has 0 spiro atoms. The van der Waals surface area contributed by atoms with Gasteiger partial charge in [-0.25, -0.2) is 4.98 Å². The van der Waals surface area contributed by atoms with E-state index in [1.165, 1.54) is 6.42 Å². The Balaban J connectivity index is 1.75. The van der Waals surface area contributed by atoms with Crippen molar-refractivity contribution < 1.29 is 4.42 Å². The zero-order valence-corrected chi connectivity index (χ0v) is 12.1. The first-order valence-corrected chi connectivity index (χ1v) is 7.44. The number of amidine groups is 1. The monoisotopic (exact) mass is 267 g/mol. The average Bonchev–Trinajstić information content (AvgIpc) is 2.94. The van der Waals surface area contributed by atoms with Gasteiger partial charge < -0.3 is 9.73 Å². The molecule has 1 aliphatic heterocycles. The van der Waals surface area contributed by atoms with Crippen molar-refractivity contribution in [2.24, 2.45) is 10.9 Å². The molecule has 0 amide bonds. The summed E-state index contributed by atoms with van der Waals surface area (Å²) < 4.78 is 5.55. The molecule has 2 rings (SSSR count). The van der Waals surface area contributed by atoms with Crippen molar-refractivity contribution in [1.29, 1.82) is 0 Å². The van der Waals surface area contributed by atoms with Crippen LogP contribution in [0, 0.1) is 5.92 Å². The summed E-state index contributed by atoms with van der Waals surface area (Å²) >= 11 is 1.84. The number of nitrogens with one attached hydrogen (secondary N) is 1. The van der Waals surface area contributed by atoms with Gasteiger partial charge in [-0.15, -0.1) is 0 Å². The molecule has 1 aliphatic rings. The summed E-state index contributed by atoms with van der Waals surface area (Å²) in [5.41, 5.74) is 0. The summed E-state index contributed by atoms with van der Waals surface area (Å²) in [6.45, 7) is 8.12. The van der Waals surface area contributed by atoms with Gasteiger partial charge in [0.25, 0.3) is 0 Å². The van der Waals surface area contributed by atoms with Crippen LogP contribution < -0.4 is 5.32 Å². The molecule has 0 saturated carbocycles. The Morgan fingerprint density at radius 2 is 2.39 bits per heavy atom. The third kappa shape index (κ3) is 3.77. The second kappa shape index (κ2) is 6.27. The summed E-state index contributed by atoms with van der Waals surface area (Å²) in [5.74, 6) is 2.41. The number of hydrogen-bond acceptors (Lipinski definition) is 5. The van der Waals surface area contributed by atoms with Crippen molar-refractivity contribution in [2.45, 2.75) is 45.4 Å². The van der Waals surface area contributed by atoms with Crippen molar-refractivity contribution in [3.63, 3.8) is 0 Å². The van der Waals surface area contributed by atoms with Crippen LogP contribution in [0.2, 0.25) is 0 Å². The quantitative estimate of drug-likeness (QED) is 0.891. The van der Waals surface area contributed by atoms with E-state index in [2.05, 4.69) is 36.1 Å². The number of nitrogens with zero attached hydrogens (tertiary/aromatic N) is 2. The lowest BCUT2D eigenvalue weighted by Gasteiger charge is -2.10. The summed E-state index contributed by atoms with van der Waals surface area (Å²) in [7, 11) is 0. The Labute approximate surface area is 113 Å². The standard InChI is InChI=1S/C13H21N3OS/c1-4-10-6-14-12(17-10)8-16-13-15-7-11(18-13)5-9(2)3/h6,9,11H,4-5,7-8H2,1-3H3,(H,15,16). The zero-order valence-electron chi connectivity index (χ0n) is 11.3. The van der Waals surface area contributed by atoms with E-state index in [4.69, 9.17) is 4.42 Å². The molecule has 1 aromatic rings. The average molecular weight is 267 g/mol. The molecule has 0 aromatic carbocycles. The van der Waals surface area contributed by atoms with Gasteiger partial charge in [0.2, 0.25) is 5.89 Å². The maximum Gasteiger partial charge on any atom is 0.213 e. The van der Waals surface area contributed by atoms with Crippen LogP contribution in [0.5, 0.6) is 0 Å². The van der Waals surface area contributed by atoms with E-state index in [1.54, 1.807) is 6.20 Å². The maximum atomic E-state index is 5.55. The highest BCUT2D eigenvalue weighted by atomic mass is 32.2. The van der Waals surface area contributed by atoms with Crippen LogP contribution in [0.3, 0.4) is 0 Å². The fourth-order valence-corrected chi connectivity index (χ4v) is 3.16. The van der Waals surface area contributed by atoms with Crippen LogP contribution in [-0.2, 0) is 13.0 Å². The molecule has 0 fully saturated rings. The minimum atomic E-state index is 0.625. The molecular weight excluding hydrogens is 246 g/mol. The molecule has 0 radical (unpaired) electrons. The number of hydrogen-bond donors (Lipinski definition) is 1. The van der Waals surface area contributed by atoms with Crippen LogP contribution in [0.4, 0.5) is 0 Å². The first kappa shape index (κ1) is 13.5.